The smallest absolute Gasteiger partial charge is 0.225 e. The van der Waals surface area contributed by atoms with Crippen LogP contribution in [-0.4, -0.2) is 60.7 Å². The zero-order valence-corrected chi connectivity index (χ0v) is 16.7. The number of ether oxygens (including phenoxy) is 1. The highest BCUT2D eigenvalue weighted by Crippen LogP contribution is 2.40. The number of aliphatic hydroxyl groups is 3. The Morgan fingerprint density at radius 2 is 2.03 bits per heavy atom. The number of fused-ring (bicyclic) bond motifs is 1. The van der Waals surface area contributed by atoms with Crippen LogP contribution >= 0.6 is 0 Å². The number of halogens is 1. The molecule has 3 heterocycles. The molecule has 1 saturated heterocycles. The Bertz CT molecular complexity index is 1180. The van der Waals surface area contributed by atoms with Gasteiger partial charge in [-0.25, -0.2) is 13.9 Å². The zero-order valence-electron chi connectivity index (χ0n) is 16.7. The summed E-state index contributed by atoms with van der Waals surface area (Å²) in [7, 11) is 0. The molecule has 4 rings (SSSR count). The standard InChI is InChI=1S/C21H20FN5O5/c22-13-4-1-12(2-5-13)3-8-17(29)26-20-14-6-7-16(27(14)25-11-24-20)21(10-23)19(31)18(30)15(9-28)32-21/h1-2,4-7,11,15,18-19,28,30-31H,3,8-9H2,(H,24,25,26,29)/t15-,18-,19-,21+/m1/s1. The van der Waals surface area contributed by atoms with E-state index in [2.05, 4.69) is 15.4 Å². The van der Waals surface area contributed by atoms with Gasteiger partial charge in [-0.1, -0.05) is 12.1 Å². The van der Waals surface area contributed by atoms with Crippen molar-refractivity contribution in [3.05, 3.63) is 59.8 Å². The number of aromatic nitrogens is 3. The first-order valence-electron chi connectivity index (χ1n) is 9.83. The van der Waals surface area contributed by atoms with Crippen LogP contribution in [0.25, 0.3) is 5.52 Å². The average molecular weight is 441 g/mol. The van der Waals surface area contributed by atoms with Gasteiger partial charge in [-0.3, -0.25) is 4.79 Å². The third-order valence-corrected chi connectivity index (χ3v) is 5.45. The summed E-state index contributed by atoms with van der Waals surface area (Å²) in [6, 6.07) is 10.8. The summed E-state index contributed by atoms with van der Waals surface area (Å²) in [5, 5.41) is 46.6. The molecule has 0 radical (unpaired) electrons. The van der Waals surface area contributed by atoms with Gasteiger partial charge in [0, 0.05) is 6.42 Å². The number of benzene rings is 1. The summed E-state index contributed by atoms with van der Waals surface area (Å²) in [6.45, 7) is -0.588. The maximum atomic E-state index is 13.0. The van der Waals surface area contributed by atoms with Crippen LogP contribution in [0, 0.1) is 17.1 Å². The summed E-state index contributed by atoms with van der Waals surface area (Å²) in [4.78, 5) is 16.5. The predicted molar refractivity (Wildman–Crippen MR) is 108 cm³/mol. The van der Waals surface area contributed by atoms with Crippen LogP contribution in [0.3, 0.4) is 0 Å². The van der Waals surface area contributed by atoms with E-state index in [-0.39, 0.29) is 29.7 Å². The van der Waals surface area contributed by atoms with Gasteiger partial charge >= 0.3 is 0 Å². The lowest BCUT2D eigenvalue weighted by Crippen LogP contribution is -2.41. The Morgan fingerprint density at radius 1 is 1.28 bits per heavy atom. The molecule has 2 aromatic heterocycles. The van der Waals surface area contributed by atoms with E-state index in [1.165, 1.54) is 29.0 Å². The molecule has 4 atom stereocenters. The van der Waals surface area contributed by atoms with Crippen LogP contribution in [0.15, 0.2) is 42.7 Å². The van der Waals surface area contributed by atoms with Gasteiger partial charge in [-0.2, -0.15) is 10.4 Å². The fourth-order valence-electron chi connectivity index (χ4n) is 3.74. The van der Waals surface area contributed by atoms with Gasteiger partial charge < -0.3 is 25.4 Å². The second kappa shape index (κ2) is 8.60. The highest BCUT2D eigenvalue weighted by atomic mass is 19.1. The number of rotatable bonds is 6. The molecule has 0 saturated carbocycles. The first-order chi connectivity index (χ1) is 15.4. The van der Waals surface area contributed by atoms with Crippen molar-refractivity contribution < 1.29 is 29.2 Å². The van der Waals surface area contributed by atoms with Crippen molar-refractivity contribution >= 4 is 17.2 Å². The van der Waals surface area contributed by atoms with Gasteiger partial charge in [-0.05, 0) is 36.2 Å². The summed E-state index contributed by atoms with van der Waals surface area (Å²) in [6.07, 6.45) is -2.56. The fraction of sp³-hybridized carbons (Fsp3) is 0.333. The van der Waals surface area contributed by atoms with E-state index in [1.54, 1.807) is 18.2 Å². The molecule has 0 aliphatic carbocycles. The Balaban J connectivity index is 1.57. The largest absolute Gasteiger partial charge is 0.394 e. The van der Waals surface area contributed by atoms with Crippen LogP contribution in [0.4, 0.5) is 10.2 Å². The van der Waals surface area contributed by atoms with Crippen molar-refractivity contribution in [3.63, 3.8) is 0 Å². The Kier molecular flexibility index (Phi) is 5.86. The lowest BCUT2D eigenvalue weighted by atomic mass is 9.92. The highest BCUT2D eigenvalue weighted by Gasteiger charge is 2.57. The number of amides is 1. The topological polar surface area (TPSA) is 153 Å². The molecule has 166 valence electrons. The van der Waals surface area contributed by atoms with E-state index in [1.807, 2.05) is 6.07 Å². The van der Waals surface area contributed by atoms with E-state index < -0.39 is 30.5 Å². The van der Waals surface area contributed by atoms with Crippen molar-refractivity contribution in [1.82, 2.24) is 14.6 Å². The van der Waals surface area contributed by atoms with Gasteiger partial charge in [0.15, 0.2) is 5.82 Å². The number of nitrogens with one attached hydrogen (secondary N) is 1. The van der Waals surface area contributed by atoms with Crippen molar-refractivity contribution in [2.75, 3.05) is 11.9 Å². The molecule has 10 nitrogen and oxygen atoms in total. The normalized spacial score (nSPS) is 25.0. The van der Waals surface area contributed by atoms with E-state index >= 15 is 0 Å². The predicted octanol–water partition coefficient (Wildman–Crippen LogP) is 0.271. The van der Waals surface area contributed by atoms with Crippen molar-refractivity contribution in [1.29, 1.82) is 5.26 Å². The average Bonchev–Trinajstić information content (AvgIpc) is 3.34. The number of anilines is 1. The van der Waals surface area contributed by atoms with Crippen LogP contribution in [0.2, 0.25) is 0 Å². The van der Waals surface area contributed by atoms with Crippen molar-refractivity contribution in [3.8, 4) is 6.07 Å². The second-order valence-electron chi connectivity index (χ2n) is 7.42. The van der Waals surface area contributed by atoms with Crippen LogP contribution in [0.1, 0.15) is 17.7 Å². The SMILES string of the molecule is N#C[C@@]1(c2ccc3c(NC(=O)CCc4ccc(F)cc4)ncnn23)O[C@H](CO)[C@@H](O)[C@H]1O. The maximum Gasteiger partial charge on any atom is 0.225 e. The molecule has 1 aliphatic heterocycles. The number of aliphatic hydroxyl groups excluding tert-OH is 3. The quantitative estimate of drug-likeness (QED) is 0.425. The molecule has 4 N–H and O–H groups in total. The third-order valence-electron chi connectivity index (χ3n) is 5.45. The zero-order chi connectivity index (χ0) is 22.9. The molecule has 0 spiro atoms. The van der Waals surface area contributed by atoms with Gasteiger partial charge in [0.25, 0.3) is 0 Å². The molecule has 1 aromatic carbocycles. The highest BCUT2D eigenvalue weighted by molar-refractivity contribution is 5.93. The van der Waals surface area contributed by atoms with Gasteiger partial charge in [0.1, 0.15) is 42.0 Å². The molecular weight excluding hydrogens is 421 g/mol. The van der Waals surface area contributed by atoms with Gasteiger partial charge in [0.2, 0.25) is 11.5 Å². The van der Waals surface area contributed by atoms with Crippen molar-refractivity contribution in [2.45, 2.75) is 36.8 Å². The number of nitriles is 1. The Morgan fingerprint density at radius 3 is 2.69 bits per heavy atom. The first-order valence-corrected chi connectivity index (χ1v) is 9.83. The minimum Gasteiger partial charge on any atom is -0.394 e. The van der Waals surface area contributed by atoms with Crippen LogP contribution in [-0.2, 0) is 21.6 Å². The first kappa shape index (κ1) is 21.8. The van der Waals surface area contributed by atoms with Crippen LogP contribution < -0.4 is 5.32 Å². The third kappa shape index (κ3) is 3.69. The number of carbonyl (C=O) groups is 1. The molecule has 0 bridgehead atoms. The molecule has 1 aliphatic rings. The molecule has 32 heavy (non-hydrogen) atoms. The summed E-state index contributed by atoms with van der Waals surface area (Å²) >= 11 is 0. The van der Waals surface area contributed by atoms with E-state index in [0.29, 0.717) is 11.9 Å². The van der Waals surface area contributed by atoms with Gasteiger partial charge in [0.05, 0.1) is 12.3 Å². The number of hydrogen-bond acceptors (Lipinski definition) is 8. The molecule has 0 unspecified atom stereocenters. The Hall–Kier alpha value is -3.43. The van der Waals surface area contributed by atoms with E-state index in [4.69, 9.17) is 4.74 Å². The summed E-state index contributed by atoms with van der Waals surface area (Å²) in [5.74, 6) is -0.509. The number of aryl methyl sites for hydroxylation is 1. The van der Waals surface area contributed by atoms with Gasteiger partial charge in [-0.15, -0.1) is 0 Å². The van der Waals surface area contributed by atoms with Crippen LogP contribution in [0.5, 0.6) is 0 Å². The molecule has 11 heteroatoms. The number of hydrogen-bond donors (Lipinski definition) is 4. The second-order valence-corrected chi connectivity index (χ2v) is 7.42. The fourth-order valence-corrected chi connectivity index (χ4v) is 3.74. The number of carbonyl (C=O) groups excluding carboxylic acids is 1. The number of nitrogens with zero attached hydrogens (tertiary/aromatic N) is 4. The molecule has 1 fully saturated rings. The molecule has 1 amide bonds. The van der Waals surface area contributed by atoms with E-state index in [9.17, 15) is 29.8 Å². The summed E-state index contributed by atoms with van der Waals surface area (Å²) < 4.78 is 19.8. The molecular formula is C21H20FN5O5. The minimum atomic E-state index is -1.97. The maximum absolute atomic E-state index is 13.0. The molecule has 3 aromatic rings. The minimum absolute atomic E-state index is 0.113. The summed E-state index contributed by atoms with van der Waals surface area (Å²) in [5.41, 5.74) is -0.719. The Labute approximate surface area is 181 Å². The lowest BCUT2D eigenvalue weighted by Gasteiger charge is -2.24. The van der Waals surface area contributed by atoms with Crippen molar-refractivity contribution in [2.24, 2.45) is 0 Å². The van der Waals surface area contributed by atoms with E-state index in [0.717, 1.165) is 5.56 Å². The lowest BCUT2D eigenvalue weighted by molar-refractivity contribution is -0.116. The monoisotopic (exact) mass is 441 g/mol.